The van der Waals surface area contributed by atoms with Gasteiger partial charge in [0.2, 0.25) is 0 Å². The number of aryl methyl sites for hydroxylation is 2. The van der Waals surface area contributed by atoms with Gasteiger partial charge in [-0.15, -0.1) is 0 Å². The van der Waals surface area contributed by atoms with Gasteiger partial charge in [-0.2, -0.15) is 5.10 Å². The summed E-state index contributed by atoms with van der Waals surface area (Å²) in [4.78, 5) is 25.7. The summed E-state index contributed by atoms with van der Waals surface area (Å²) in [5, 5.41) is 9.69. The Morgan fingerprint density at radius 1 is 1.32 bits per heavy atom. The summed E-state index contributed by atoms with van der Waals surface area (Å²) in [6.07, 6.45) is 3.61. The van der Waals surface area contributed by atoms with Crippen molar-refractivity contribution in [3.05, 3.63) is 39.3 Å². The number of alkyl carbamates (subject to hydrolysis) is 1. The largest absolute Gasteiger partial charge is 0.444 e. The molecule has 34 heavy (non-hydrogen) atoms. The van der Waals surface area contributed by atoms with Crippen LogP contribution in [0.25, 0.3) is 21.8 Å². The van der Waals surface area contributed by atoms with Crippen LogP contribution >= 0.6 is 11.6 Å². The third kappa shape index (κ3) is 5.08. The second-order valence-corrected chi connectivity index (χ2v) is 10.1. The van der Waals surface area contributed by atoms with E-state index in [1.54, 1.807) is 10.6 Å². The van der Waals surface area contributed by atoms with Gasteiger partial charge in [0.1, 0.15) is 11.1 Å². The van der Waals surface area contributed by atoms with Crippen LogP contribution in [0.1, 0.15) is 65.3 Å². The number of aromatic nitrogens is 3. The number of amides is 1. The number of fused-ring (bicyclic) bond motifs is 3. The Balaban J connectivity index is 1.71. The molecule has 0 aliphatic carbocycles. The number of rotatable bonds is 6. The first kappa shape index (κ1) is 24.5. The Labute approximate surface area is 204 Å². The molecule has 1 aliphatic rings. The van der Waals surface area contributed by atoms with Crippen molar-refractivity contribution in [1.29, 1.82) is 0 Å². The molecule has 0 radical (unpaired) electrons. The van der Waals surface area contributed by atoms with Crippen LogP contribution in [0.3, 0.4) is 0 Å². The van der Waals surface area contributed by atoms with E-state index in [0.29, 0.717) is 48.5 Å². The van der Waals surface area contributed by atoms with Crippen LogP contribution in [0.5, 0.6) is 0 Å². The van der Waals surface area contributed by atoms with E-state index in [9.17, 15) is 9.59 Å². The molecule has 1 fully saturated rings. The van der Waals surface area contributed by atoms with E-state index < -0.39 is 11.7 Å². The van der Waals surface area contributed by atoms with Crippen LogP contribution in [0.15, 0.2) is 23.0 Å². The molecule has 0 bridgehead atoms. The first-order valence-electron chi connectivity index (χ1n) is 12.0. The molecule has 4 rings (SSSR count). The lowest BCUT2D eigenvalue weighted by molar-refractivity contribution is -0.0405. The second-order valence-electron chi connectivity index (χ2n) is 9.69. The number of benzene rings is 1. The van der Waals surface area contributed by atoms with Gasteiger partial charge >= 0.3 is 6.09 Å². The zero-order valence-corrected chi connectivity index (χ0v) is 21.1. The molecule has 8 nitrogen and oxygen atoms in total. The Kier molecular flexibility index (Phi) is 7.19. The number of carbonyl (C=O) groups excluding carboxylic acids is 1. The lowest BCUT2D eigenvalue weighted by Crippen LogP contribution is -2.33. The van der Waals surface area contributed by atoms with Gasteiger partial charge in [-0.05, 0) is 71.1 Å². The highest BCUT2D eigenvalue weighted by molar-refractivity contribution is 6.31. The topological polar surface area (TPSA) is 87.4 Å². The smallest absolute Gasteiger partial charge is 0.407 e. The maximum atomic E-state index is 13.7. The fourth-order valence-electron chi connectivity index (χ4n) is 4.52. The van der Waals surface area contributed by atoms with Crippen molar-refractivity contribution in [3.8, 4) is 0 Å². The molecule has 3 aromatic rings. The average molecular weight is 489 g/mol. The van der Waals surface area contributed by atoms with Crippen LogP contribution in [0.4, 0.5) is 4.79 Å². The lowest BCUT2D eigenvalue weighted by atomic mass is 10.1. The highest BCUT2D eigenvalue weighted by Gasteiger charge is 2.25. The fraction of sp³-hybridized carbons (Fsp3) is 0.560. The number of pyridine rings is 1. The molecule has 1 atom stereocenters. The zero-order valence-electron chi connectivity index (χ0n) is 20.3. The quantitative estimate of drug-likeness (QED) is 0.483. The number of halogens is 1. The van der Waals surface area contributed by atoms with Crippen LogP contribution in [-0.2, 0) is 22.4 Å². The van der Waals surface area contributed by atoms with Gasteiger partial charge in [0.05, 0.1) is 16.6 Å². The number of ether oxygens (including phenoxy) is 2. The van der Waals surface area contributed by atoms with E-state index in [1.807, 2.05) is 44.5 Å². The van der Waals surface area contributed by atoms with Crippen molar-refractivity contribution in [2.75, 3.05) is 13.2 Å². The number of nitrogens with one attached hydrogen (secondary N) is 1. The Bertz CT molecular complexity index is 1250. The number of carbonyl (C=O) groups is 1. The SMILES string of the molecule is CCc1c2c(=O)n(CCCNC(=O)OC(C)(C)C)c3ccc(Cl)cc3c2nn1C1CCCCO1. The van der Waals surface area contributed by atoms with Crippen molar-refractivity contribution in [2.45, 2.75) is 78.2 Å². The molecule has 1 aromatic carbocycles. The standard InChI is InChI=1S/C25H33ClN4O4/c1-5-18-21-22(28-30(18)20-9-6-7-14-33-20)17-15-16(26)10-11-19(17)29(23(21)31)13-8-12-27-24(32)34-25(2,3)4/h10-11,15,20H,5-9,12-14H2,1-4H3,(H,27,32). The van der Waals surface area contributed by atoms with Gasteiger partial charge in [-0.3, -0.25) is 4.79 Å². The maximum Gasteiger partial charge on any atom is 0.407 e. The molecule has 1 N–H and O–H groups in total. The Morgan fingerprint density at radius 2 is 2.12 bits per heavy atom. The molecule has 1 saturated heterocycles. The summed E-state index contributed by atoms with van der Waals surface area (Å²) >= 11 is 6.35. The number of hydrogen-bond donors (Lipinski definition) is 1. The summed E-state index contributed by atoms with van der Waals surface area (Å²) in [6, 6.07) is 5.51. The first-order chi connectivity index (χ1) is 16.2. The van der Waals surface area contributed by atoms with Gasteiger partial charge in [0.15, 0.2) is 6.23 Å². The van der Waals surface area contributed by atoms with Crippen LogP contribution in [0.2, 0.25) is 5.02 Å². The van der Waals surface area contributed by atoms with Gasteiger partial charge in [0, 0.05) is 30.1 Å². The van der Waals surface area contributed by atoms with Crippen molar-refractivity contribution >= 4 is 39.5 Å². The zero-order chi connectivity index (χ0) is 24.5. The lowest BCUT2D eigenvalue weighted by Gasteiger charge is -2.24. The Morgan fingerprint density at radius 3 is 2.79 bits per heavy atom. The summed E-state index contributed by atoms with van der Waals surface area (Å²) in [5.74, 6) is 0. The first-order valence-corrected chi connectivity index (χ1v) is 12.4. The summed E-state index contributed by atoms with van der Waals surface area (Å²) < 4.78 is 14.9. The highest BCUT2D eigenvalue weighted by Crippen LogP contribution is 2.31. The summed E-state index contributed by atoms with van der Waals surface area (Å²) in [7, 11) is 0. The minimum absolute atomic E-state index is 0.0824. The monoisotopic (exact) mass is 488 g/mol. The normalized spacial score (nSPS) is 16.8. The van der Waals surface area contributed by atoms with Crippen molar-refractivity contribution in [1.82, 2.24) is 19.7 Å². The van der Waals surface area contributed by atoms with E-state index in [-0.39, 0.29) is 11.8 Å². The van der Waals surface area contributed by atoms with E-state index in [1.165, 1.54) is 0 Å². The van der Waals surface area contributed by atoms with Gasteiger partial charge in [-0.1, -0.05) is 18.5 Å². The van der Waals surface area contributed by atoms with E-state index >= 15 is 0 Å². The van der Waals surface area contributed by atoms with Crippen molar-refractivity contribution < 1.29 is 14.3 Å². The van der Waals surface area contributed by atoms with Crippen molar-refractivity contribution in [2.24, 2.45) is 0 Å². The molecule has 1 amide bonds. The predicted molar refractivity (Wildman–Crippen MR) is 134 cm³/mol. The van der Waals surface area contributed by atoms with Gasteiger partial charge < -0.3 is 19.4 Å². The van der Waals surface area contributed by atoms with Gasteiger partial charge in [-0.25, -0.2) is 9.48 Å². The van der Waals surface area contributed by atoms with E-state index in [2.05, 4.69) is 5.32 Å². The van der Waals surface area contributed by atoms with Crippen LogP contribution in [-0.4, -0.2) is 39.2 Å². The number of hydrogen-bond acceptors (Lipinski definition) is 5. The fourth-order valence-corrected chi connectivity index (χ4v) is 4.69. The Hall–Kier alpha value is -2.58. The third-order valence-electron chi connectivity index (χ3n) is 5.96. The molecule has 0 spiro atoms. The minimum atomic E-state index is -0.555. The molecule has 1 unspecified atom stereocenters. The van der Waals surface area contributed by atoms with Gasteiger partial charge in [0.25, 0.3) is 5.56 Å². The van der Waals surface area contributed by atoms with Crippen LogP contribution < -0.4 is 10.9 Å². The third-order valence-corrected chi connectivity index (χ3v) is 6.20. The molecule has 9 heteroatoms. The highest BCUT2D eigenvalue weighted by atomic mass is 35.5. The molecule has 1 aliphatic heterocycles. The molecular formula is C25H33ClN4O4. The summed E-state index contributed by atoms with van der Waals surface area (Å²) in [6.45, 7) is 9.03. The van der Waals surface area contributed by atoms with Crippen LogP contribution in [0, 0.1) is 0 Å². The molecule has 3 heterocycles. The molecule has 184 valence electrons. The molecule has 2 aromatic heterocycles. The second kappa shape index (κ2) is 9.96. The molecule has 0 saturated carbocycles. The predicted octanol–water partition coefficient (Wildman–Crippen LogP) is 5.18. The average Bonchev–Trinajstić information content (AvgIpc) is 3.18. The summed E-state index contributed by atoms with van der Waals surface area (Å²) in [5.41, 5.74) is 1.68. The van der Waals surface area contributed by atoms with Crippen molar-refractivity contribution in [3.63, 3.8) is 0 Å². The maximum absolute atomic E-state index is 13.7. The van der Waals surface area contributed by atoms with E-state index in [0.717, 1.165) is 35.9 Å². The molecular weight excluding hydrogens is 456 g/mol. The minimum Gasteiger partial charge on any atom is -0.444 e. The van der Waals surface area contributed by atoms with E-state index in [4.69, 9.17) is 26.2 Å². The number of nitrogens with zero attached hydrogens (tertiary/aromatic N) is 3.